The van der Waals surface area contributed by atoms with Crippen molar-refractivity contribution in [1.29, 1.82) is 0 Å². The van der Waals surface area contributed by atoms with Gasteiger partial charge >= 0.3 is 6.18 Å². The van der Waals surface area contributed by atoms with E-state index in [9.17, 15) is 17.6 Å². The van der Waals surface area contributed by atoms with Crippen LogP contribution in [0.3, 0.4) is 0 Å². The van der Waals surface area contributed by atoms with Crippen molar-refractivity contribution in [1.82, 2.24) is 0 Å². The fourth-order valence-corrected chi connectivity index (χ4v) is 1.65. The molecule has 0 aromatic heterocycles. The minimum absolute atomic E-state index is 0.0444. The van der Waals surface area contributed by atoms with E-state index in [4.69, 9.17) is 5.73 Å². The maximum Gasteiger partial charge on any atom is 0.416 e. The highest BCUT2D eigenvalue weighted by Crippen LogP contribution is 2.35. The maximum atomic E-state index is 13.5. The molecule has 0 spiro atoms. The lowest BCUT2D eigenvalue weighted by molar-refractivity contribution is -0.137. The Morgan fingerprint density at radius 2 is 1.56 bits per heavy atom. The molecule has 0 bridgehead atoms. The summed E-state index contributed by atoms with van der Waals surface area (Å²) in [4.78, 5) is 0. The third kappa shape index (κ3) is 2.30. The highest BCUT2D eigenvalue weighted by Gasteiger charge is 2.31. The van der Waals surface area contributed by atoms with Crippen LogP contribution in [0, 0.1) is 5.82 Å². The standard InChI is InChI=1S/C13H9F4N/c14-11-4-2-1-3-9(11)10-7-8(13(15,16)17)5-6-12(10)18/h1-7H,18H2. The smallest absolute Gasteiger partial charge is 0.398 e. The van der Waals surface area contributed by atoms with Gasteiger partial charge in [-0.15, -0.1) is 0 Å². The number of benzene rings is 2. The lowest BCUT2D eigenvalue weighted by Crippen LogP contribution is -2.06. The van der Waals surface area contributed by atoms with E-state index in [2.05, 4.69) is 0 Å². The van der Waals surface area contributed by atoms with Crippen LogP contribution in [0.4, 0.5) is 23.2 Å². The molecule has 1 nitrogen and oxygen atoms in total. The van der Waals surface area contributed by atoms with E-state index in [1.165, 1.54) is 24.3 Å². The summed E-state index contributed by atoms with van der Waals surface area (Å²) in [5, 5.41) is 0. The summed E-state index contributed by atoms with van der Waals surface area (Å²) in [6, 6.07) is 8.43. The average molecular weight is 255 g/mol. The molecule has 0 heterocycles. The number of nitrogens with two attached hydrogens (primary N) is 1. The molecule has 0 aliphatic heterocycles. The van der Waals surface area contributed by atoms with Crippen LogP contribution in [0.1, 0.15) is 5.56 Å². The summed E-state index contributed by atoms with van der Waals surface area (Å²) in [7, 11) is 0. The van der Waals surface area contributed by atoms with Gasteiger partial charge in [-0.05, 0) is 24.3 Å². The first-order valence-corrected chi connectivity index (χ1v) is 5.11. The fourth-order valence-electron chi connectivity index (χ4n) is 1.65. The zero-order valence-electron chi connectivity index (χ0n) is 9.13. The van der Waals surface area contributed by atoms with Gasteiger partial charge in [-0.1, -0.05) is 18.2 Å². The Kier molecular flexibility index (Phi) is 2.98. The zero-order valence-corrected chi connectivity index (χ0v) is 9.13. The first kappa shape index (κ1) is 12.4. The molecule has 0 aliphatic rings. The van der Waals surface area contributed by atoms with Crippen molar-refractivity contribution in [2.75, 3.05) is 5.73 Å². The van der Waals surface area contributed by atoms with Crippen molar-refractivity contribution >= 4 is 5.69 Å². The normalized spacial score (nSPS) is 11.6. The second-order valence-electron chi connectivity index (χ2n) is 3.78. The van der Waals surface area contributed by atoms with E-state index in [0.29, 0.717) is 0 Å². The van der Waals surface area contributed by atoms with Crippen molar-refractivity contribution < 1.29 is 17.6 Å². The third-order valence-electron chi connectivity index (χ3n) is 2.54. The van der Waals surface area contributed by atoms with Crippen molar-refractivity contribution in [2.24, 2.45) is 0 Å². The van der Waals surface area contributed by atoms with Gasteiger partial charge in [0.15, 0.2) is 0 Å². The number of alkyl halides is 3. The lowest BCUT2D eigenvalue weighted by atomic mass is 10.0. The topological polar surface area (TPSA) is 26.0 Å². The van der Waals surface area contributed by atoms with Crippen LogP contribution in [-0.2, 0) is 6.18 Å². The van der Waals surface area contributed by atoms with E-state index < -0.39 is 17.6 Å². The quantitative estimate of drug-likeness (QED) is 0.602. The largest absolute Gasteiger partial charge is 0.416 e. The van der Waals surface area contributed by atoms with Gasteiger partial charge in [-0.2, -0.15) is 13.2 Å². The Morgan fingerprint density at radius 1 is 0.889 bits per heavy atom. The van der Waals surface area contributed by atoms with Crippen molar-refractivity contribution in [3.05, 3.63) is 53.8 Å². The second-order valence-corrected chi connectivity index (χ2v) is 3.78. The van der Waals surface area contributed by atoms with Crippen molar-refractivity contribution in [3.8, 4) is 11.1 Å². The van der Waals surface area contributed by atoms with Gasteiger partial charge in [0.25, 0.3) is 0 Å². The summed E-state index contributed by atoms with van der Waals surface area (Å²) in [6.45, 7) is 0. The third-order valence-corrected chi connectivity index (χ3v) is 2.54. The van der Waals surface area contributed by atoms with Crippen LogP contribution in [0.2, 0.25) is 0 Å². The SMILES string of the molecule is Nc1ccc(C(F)(F)F)cc1-c1ccccc1F. The Balaban J connectivity index is 2.61. The van der Waals surface area contributed by atoms with Crippen LogP contribution < -0.4 is 5.73 Å². The van der Waals surface area contributed by atoms with Gasteiger partial charge in [0.1, 0.15) is 5.82 Å². The number of rotatable bonds is 1. The van der Waals surface area contributed by atoms with Crippen molar-refractivity contribution in [3.63, 3.8) is 0 Å². The highest BCUT2D eigenvalue weighted by molar-refractivity contribution is 5.77. The van der Waals surface area contributed by atoms with Gasteiger partial charge < -0.3 is 5.73 Å². The molecule has 0 amide bonds. The average Bonchev–Trinajstić information content (AvgIpc) is 2.29. The number of nitrogen functional groups attached to an aromatic ring is 1. The van der Waals surface area contributed by atoms with Gasteiger partial charge in [-0.3, -0.25) is 0 Å². The Morgan fingerprint density at radius 3 is 2.17 bits per heavy atom. The number of anilines is 1. The molecule has 2 aromatic carbocycles. The molecule has 0 saturated carbocycles. The van der Waals surface area contributed by atoms with Gasteiger partial charge in [-0.25, -0.2) is 4.39 Å². The molecular formula is C13H9F4N. The minimum atomic E-state index is -4.48. The predicted molar refractivity (Wildman–Crippen MR) is 61.3 cm³/mol. The van der Waals surface area contributed by atoms with Gasteiger partial charge in [0, 0.05) is 16.8 Å². The lowest BCUT2D eigenvalue weighted by Gasteiger charge is -2.11. The molecule has 2 aromatic rings. The van der Waals surface area contributed by atoms with E-state index in [-0.39, 0.29) is 16.8 Å². The number of hydrogen-bond donors (Lipinski definition) is 1. The Labute approximate surface area is 101 Å². The number of halogens is 4. The second kappa shape index (κ2) is 4.33. The maximum absolute atomic E-state index is 13.5. The molecule has 5 heteroatoms. The van der Waals surface area contributed by atoms with Crippen LogP contribution in [-0.4, -0.2) is 0 Å². The van der Waals surface area contributed by atoms with Gasteiger partial charge in [0.05, 0.1) is 5.56 Å². The summed E-state index contributed by atoms with van der Waals surface area (Å²) in [6.07, 6.45) is -4.48. The predicted octanol–water partition coefficient (Wildman–Crippen LogP) is 4.09. The van der Waals surface area contributed by atoms with Crippen LogP contribution in [0.15, 0.2) is 42.5 Å². The van der Waals surface area contributed by atoms with E-state index in [0.717, 1.165) is 18.2 Å². The summed E-state index contributed by atoms with van der Waals surface area (Å²) in [5.74, 6) is -0.608. The molecule has 0 unspecified atom stereocenters. The Hall–Kier alpha value is -2.04. The van der Waals surface area contributed by atoms with E-state index in [1.54, 1.807) is 0 Å². The molecule has 18 heavy (non-hydrogen) atoms. The summed E-state index contributed by atoms with van der Waals surface area (Å²) >= 11 is 0. The van der Waals surface area contributed by atoms with Crippen LogP contribution >= 0.6 is 0 Å². The minimum Gasteiger partial charge on any atom is -0.398 e. The van der Waals surface area contributed by atoms with E-state index in [1.807, 2.05) is 0 Å². The van der Waals surface area contributed by atoms with Crippen LogP contribution in [0.5, 0.6) is 0 Å². The molecule has 2 N–H and O–H groups in total. The molecule has 0 fully saturated rings. The number of hydrogen-bond acceptors (Lipinski definition) is 1. The summed E-state index contributed by atoms with van der Waals surface area (Å²) in [5.41, 5.74) is 4.95. The molecule has 2 rings (SSSR count). The molecule has 0 aliphatic carbocycles. The highest BCUT2D eigenvalue weighted by atomic mass is 19.4. The summed E-state index contributed by atoms with van der Waals surface area (Å²) < 4.78 is 51.3. The fraction of sp³-hybridized carbons (Fsp3) is 0.0769. The molecule has 94 valence electrons. The molecule has 0 atom stereocenters. The van der Waals surface area contributed by atoms with Crippen LogP contribution in [0.25, 0.3) is 11.1 Å². The van der Waals surface area contributed by atoms with E-state index >= 15 is 0 Å². The monoisotopic (exact) mass is 255 g/mol. The zero-order chi connectivity index (χ0) is 13.3. The molecular weight excluding hydrogens is 246 g/mol. The Bertz CT molecular complexity index is 575. The first-order valence-electron chi connectivity index (χ1n) is 5.11. The first-order chi connectivity index (χ1) is 8.39. The molecule has 0 radical (unpaired) electrons. The molecule has 0 saturated heterocycles. The van der Waals surface area contributed by atoms with Gasteiger partial charge in [0.2, 0.25) is 0 Å². The van der Waals surface area contributed by atoms with Crippen molar-refractivity contribution in [2.45, 2.75) is 6.18 Å².